The van der Waals surface area contributed by atoms with Crippen molar-refractivity contribution >= 4 is 0 Å². The first-order valence-electron chi connectivity index (χ1n) is 19.8. The monoisotopic (exact) mass is 772 g/mol. The van der Waals surface area contributed by atoms with Crippen molar-refractivity contribution in [2.75, 3.05) is 0 Å². The van der Waals surface area contributed by atoms with E-state index in [0.29, 0.717) is 0 Å². The van der Waals surface area contributed by atoms with Crippen molar-refractivity contribution in [1.29, 1.82) is 0 Å². The van der Waals surface area contributed by atoms with Crippen molar-refractivity contribution < 1.29 is 10.2 Å². The lowest BCUT2D eigenvalue weighted by Gasteiger charge is -2.15. The molecular formula is C54H36N4O2. The number of nitrogens with zero attached hydrogens (tertiary/aromatic N) is 4. The maximum atomic E-state index is 12.2. The van der Waals surface area contributed by atoms with Crippen molar-refractivity contribution in [2.24, 2.45) is 0 Å². The van der Waals surface area contributed by atoms with E-state index in [1.54, 1.807) is 24.3 Å². The van der Waals surface area contributed by atoms with Gasteiger partial charge in [-0.15, -0.1) is 0 Å². The molecule has 10 aromatic rings. The molecule has 6 heteroatoms. The quantitative estimate of drug-likeness (QED) is 0.146. The maximum Gasteiger partial charge on any atom is 0.178 e. The molecule has 2 heterocycles. The summed E-state index contributed by atoms with van der Waals surface area (Å²) in [6.45, 7) is 0. The lowest BCUT2D eigenvalue weighted by Crippen LogP contribution is -2.01. The van der Waals surface area contributed by atoms with Crippen LogP contribution in [0.25, 0.3) is 90.3 Å². The first-order chi connectivity index (χ1) is 29.6. The van der Waals surface area contributed by atoms with E-state index in [1.807, 2.05) is 97.1 Å². The summed E-state index contributed by atoms with van der Waals surface area (Å²) in [6, 6.07) is 71.9. The van der Waals surface area contributed by atoms with E-state index in [2.05, 4.69) is 106 Å². The zero-order valence-corrected chi connectivity index (χ0v) is 32.4. The number of hydrogen-bond acceptors (Lipinski definition) is 2. The highest BCUT2D eigenvalue weighted by atomic mass is 16.3. The van der Waals surface area contributed by atoms with Crippen LogP contribution in [0.2, 0.25) is 0 Å². The molecule has 0 fully saturated rings. The Morgan fingerprint density at radius 1 is 0.267 bits per heavy atom. The molecule has 0 unspecified atom stereocenters. The van der Waals surface area contributed by atoms with E-state index in [0.717, 1.165) is 90.3 Å². The van der Waals surface area contributed by atoms with Crippen molar-refractivity contribution in [3.8, 4) is 102 Å². The van der Waals surface area contributed by atoms with Gasteiger partial charge in [-0.25, -0.2) is 9.97 Å². The van der Waals surface area contributed by atoms with E-state index in [1.165, 1.54) is 0 Å². The van der Waals surface area contributed by atoms with Crippen LogP contribution in [0.4, 0.5) is 0 Å². The molecule has 284 valence electrons. The molecule has 6 nitrogen and oxygen atoms in total. The van der Waals surface area contributed by atoms with Gasteiger partial charge in [0, 0.05) is 44.8 Å². The highest BCUT2D eigenvalue weighted by Crippen LogP contribution is 2.41. The Hall–Kier alpha value is -8.22. The van der Waals surface area contributed by atoms with Crippen LogP contribution in [-0.4, -0.2) is 19.1 Å². The lowest BCUT2D eigenvalue weighted by atomic mass is 10.0. The molecule has 0 spiro atoms. The molecule has 60 heavy (non-hydrogen) atoms. The number of benzene rings is 8. The minimum Gasteiger partial charge on any atom is -0.292 e. The number of aromatic nitrogens is 4. The third-order valence-electron chi connectivity index (χ3n) is 10.8. The van der Waals surface area contributed by atoms with Crippen LogP contribution in [0.15, 0.2) is 218 Å². The Balaban J connectivity index is 1.09. The second-order valence-electron chi connectivity index (χ2n) is 14.5. The van der Waals surface area contributed by atoms with Crippen LogP contribution in [0.5, 0.6) is 11.5 Å². The summed E-state index contributed by atoms with van der Waals surface area (Å²) < 4.78 is 4.39. The zero-order valence-electron chi connectivity index (χ0n) is 32.4. The fraction of sp³-hybridized carbons (Fsp3) is 0. The summed E-state index contributed by atoms with van der Waals surface area (Å²) in [4.78, 5) is 10.5. The van der Waals surface area contributed by atoms with Gasteiger partial charge in [0.2, 0.25) is 0 Å². The van der Waals surface area contributed by atoms with Crippen molar-refractivity contribution in [1.82, 2.24) is 19.1 Å². The van der Waals surface area contributed by atoms with Gasteiger partial charge in [-0.1, -0.05) is 146 Å². The molecule has 0 bridgehead atoms. The fourth-order valence-corrected chi connectivity index (χ4v) is 7.86. The largest absolute Gasteiger partial charge is 0.292 e. The molecule has 0 N–H and O–H groups in total. The first kappa shape index (κ1) is 36.1. The Morgan fingerprint density at radius 3 is 0.867 bits per heavy atom. The molecule has 0 saturated carbocycles. The van der Waals surface area contributed by atoms with Gasteiger partial charge < -0.3 is 0 Å². The third kappa shape index (κ3) is 6.82. The normalized spacial score (nSPS) is 11.1. The SMILES string of the molecule is [O]c1ccc(-c2nc(-c3ccccc3)c(-c3ccccc3)n2-c2ccc(-c3ccc(-n4c(-c5ccc([O])cc5)nc(-c5ccccc5)c4-c4ccccc4)cc3)cc2)cc1. The first-order valence-corrected chi connectivity index (χ1v) is 19.8. The molecular weight excluding hydrogens is 737 g/mol. The lowest BCUT2D eigenvalue weighted by molar-refractivity contribution is 0.354. The molecule has 2 aromatic heterocycles. The Morgan fingerprint density at radius 2 is 0.550 bits per heavy atom. The predicted molar refractivity (Wildman–Crippen MR) is 239 cm³/mol. The van der Waals surface area contributed by atoms with Crippen LogP contribution in [0.3, 0.4) is 0 Å². The summed E-state index contributed by atoms with van der Waals surface area (Å²) in [5, 5.41) is 24.4. The molecule has 0 aliphatic rings. The predicted octanol–water partition coefficient (Wildman–Crippen LogP) is 14.0. The average Bonchev–Trinajstić information content (AvgIpc) is 3.92. The molecule has 2 radical (unpaired) electrons. The van der Waals surface area contributed by atoms with Crippen LogP contribution in [-0.2, 0) is 10.2 Å². The average molecular weight is 773 g/mol. The minimum atomic E-state index is -0.0473. The number of imidazole rings is 2. The summed E-state index contributed by atoms with van der Waals surface area (Å²) in [6.07, 6.45) is 0. The van der Waals surface area contributed by atoms with Crippen molar-refractivity contribution in [3.63, 3.8) is 0 Å². The summed E-state index contributed by atoms with van der Waals surface area (Å²) >= 11 is 0. The van der Waals surface area contributed by atoms with Gasteiger partial charge in [-0.3, -0.25) is 19.3 Å². The molecule has 0 aliphatic carbocycles. The third-order valence-corrected chi connectivity index (χ3v) is 10.8. The van der Waals surface area contributed by atoms with E-state index in [4.69, 9.17) is 9.97 Å². The van der Waals surface area contributed by atoms with Gasteiger partial charge >= 0.3 is 0 Å². The molecule has 0 atom stereocenters. The van der Waals surface area contributed by atoms with Crippen molar-refractivity contribution in [2.45, 2.75) is 0 Å². The van der Waals surface area contributed by atoms with Gasteiger partial charge in [0.1, 0.15) is 11.6 Å². The van der Waals surface area contributed by atoms with Gasteiger partial charge in [0.15, 0.2) is 11.5 Å². The van der Waals surface area contributed by atoms with Gasteiger partial charge in [0.05, 0.1) is 22.8 Å². The highest BCUT2D eigenvalue weighted by molar-refractivity contribution is 5.86. The van der Waals surface area contributed by atoms with Gasteiger partial charge in [-0.05, 0) is 83.9 Å². The van der Waals surface area contributed by atoms with Crippen LogP contribution in [0.1, 0.15) is 0 Å². The highest BCUT2D eigenvalue weighted by Gasteiger charge is 2.24. The van der Waals surface area contributed by atoms with Gasteiger partial charge in [-0.2, -0.15) is 0 Å². The molecule has 0 amide bonds. The van der Waals surface area contributed by atoms with Gasteiger partial charge in [0.25, 0.3) is 0 Å². The molecule has 0 aliphatic heterocycles. The topological polar surface area (TPSA) is 75.4 Å². The van der Waals surface area contributed by atoms with E-state index < -0.39 is 0 Å². The zero-order chi connectivity index (χ0) is 40.4. The second kappa shape index (κ2) is 15.6. The van der Waals surface area contributed by atoms with Crippen LogP contribution >= 0.6 is 0 Å². The summed E-state index contributed by atoms with van der Waals surface area (Å²) in [5.41, 5.74) is 13.4. The minimum absolute atomic E-state index is 0.0473. The second-order valence-corrected chi connectivity index (χ2v) is 14.5. The summed E-state index contributed by atoms with van der Waals surface area (Å²) in [5.74, 6) is 1.40. The van der Waals surface area contributed by atoms with Crippen LogP contribution in [0, 0.1) is 0 Å². The van der Waals surface area contributed by atoms with Crippen molar-refractivity contribution in [3.05, 3.63) is 218 Å². The maximum absolute atomic E-state index is 12.2. The Labute approximate surface area is 348 Å². The number of rotatable bonds is 9. The molecule has 8 aromatic carbocycles. The fourth-order valence-electron chi connectivity index (χ4n) is 7.86. The molecule has 0 saturated heterocycles. The Kier molecular flexibility index (Phi) is 9.40. The molecule has 10 rings (SSSR count). The smallest absolute Gasteiger partial charge is 0.178 e. The van der Waals surface area contributed by atoms with E-state index in [9.17, 15) is 10.2 Å². The number of hydrogen-bond donors (Lipinski definition) is 0. The Bertz CT molecular complexity index is 2820. The van der Waals surface area contributed by atoms with Crippen LogP contribution < -0.4 is 0 Å². The van der Waals surface area contributed by atoms with E-state index >= 15 is 0 Å². The standard InChI is InChI=1S/C54H36N4O2/c59-47-33-25-43(26-34-47)53-55-49(39-13-5-1-6-14-39)51(41-17-9-3-10-18-41)57(53)45-29-21-37(22-30-45)38-23-31-46(32-24-38)58-52(42-19-11-4-12-20-42)50(40-15-7-2-8-16-40)56-54(58)44-27-35-48(60)36-28-44/h1-36H. The van der Waals surface area contributed by atoms with E-state index in [-0.39, 0.29) is 11.5 Å². The summed E-state index contributed by atoms with van der Waals surface area (Å²) in [7, 11) is 0.